The van der Waals surface area contributed by atoms with Crippen LogP contribution in [-0.4, -0.2) is 50.9 Å². The standard InChI is InChI=1S/C36H37Cl2N3O5S/c1-46-31-18-20-32(21-19-31)47(44,45)41(30-14-6-3-7-15-30)25-35(42)40(24-27-16-17-28(37)23-33(27)38)34(22-26-10-4-2-5-11-26)36(43)39-29-12-8-9-13-29/h2-7,10-11,14-21,23,29,34H,8-9,12-13,22,24-25H2,1H3,(H,39,43)/t34-/m1/s1. The van der Waals surface area contributed by atoms with E-state index < -0.39 is 28.5 Å². The van der Waals surface area contributed by atoms with E-state index >= 15 is 0 Å². The third kappa shape index (κ3) is 8.66. The van der Waals surface area contributed by atoms with Gasteiger partial charge in [0.25, 0.3) is 10.0 Å². The minimum absolute atomic E-state index is 0.00751. The minimum atomic E-state index is -4.23. The average molecular weight is 695 g/mol. The van der Waals surface area contributed by atoms with Crippen LogP contribution < -0.4 is 14.4 Å². The molecule has 1 atom stereocenters. The lowest BCUT2D eigenvalue weighted by molar-refractivity contribution is -0.140. The molecule has 4 aromatic rings. The summed E-state index contributed by atoms with van der Waals surface area (Å²) in [4.78, 5) is 30.1. The van der Waals surface area contributed by atoms with Crippen molar-refractivity contribution in [2.75, 3.05) is 18.0 Å². The molecule has 0 aromatic heterocycles. The summed E-state index contributed by atoms with van der Waals surface area (Å²) in [6, 6.07) is 27.9. The highest BCUT2D eigenvalue weighted by Crippen LogP contribution is 2.28. The van der Waals surface area contributed by atoms with Crippen molar-refractivity contribution >= 4 is 50.7 Å². The van der Waals surface area contributed by atoms with E-state index in [0.717, 1.165) is 35.6 Å². The Bertz CT molecular complexity index is 1770. The van der Waals surface area contributed by atoms with Crippen molar-refractivity contribution in [2.24, 2.45) is 0 Å². The Hall–Kier alpha value is -4.05. The Kier molecular flexibility index (Phi) is 11.4. The third-order valence-corrected chi connectivity index (χ3v) is 10.7. The molecule has 5 rings (SSSR count). The van der Waals surface area contributed by atoms with Gasteiger partial charge in [0.15, 0.2) is 0 Å². The van der Waals surface area contributed by atoms with Crippen LogP contribution in [0.2, 0.25) is 10.0 Å². The van der Waals surface area contributed by atoms with Crippen molar-refractivity contribution in [3.05, 3.63) is 124 Å². The van der Waals surface area contributed by atoms with Gasteiger partial charge >= 0.3 is 0 Å². The van der Waals surface area contributed by atoms with Gasteiger partial charge in [0.05, 0.1) is 17.7 Å². The smallest absolute Gasteiger partial charge is 0.264 e. The molecule has 0 bridgehead atoms. The molecule has 1 fully saturated rings. The molecular weight excluding hydrogens is 657 g/mol. The van der Waals surface area contributed by atoms with Crippen molar-refractivity contribution in [3.8, 4) is 5.75 Å². The number of hydrogen-bond donors (Lipinski definition) is 1. The first-order valence-electron chi connectivity index (χ1n) is 15.5. The monoisotopic (exact) mass is 693 g/mol. The number of amides is 2. The zero-order valence-corrected chi connectivity index (χ0v) is 28.3. The number of halogens is 2. The minimum Gasteiger partial charge on any atom is -0.497 e. The summed E-state index contributed by atoms with van der Waals surface area (Å²) < 4.78 is 34.6. The molecule has 1 aliphatic carbocycles. The van der Waals surface area contributed by atoms with Crippen LogP contribution in [0, 0.1) is 0 Å². The summed E-state index contributed by atoms with van der Waals surface area (Å²) in [7, 11) is -2.74. The molecule has 0 heterocycles. The molecule has 0 unspecified atom stereocenters. The van der Waals surface area contributed by atoms with Gasteiger partial charge in [0.2, 0.25) is 11.8 Å². The van der Waals surface area contributed by atoms with Gasteiger partial charge in [-0.3, -0.25) is 13.9 Å². The van der Waals surface area contributed by atoms with Crippen molar-refractivity contribution in [2.45, 2.75) is 55.6 Å². The topological polar surface area (TPSA) is 96.0 Å². The summed E-state index contributed by atoms with van der Waals surface area (Å²) in [6.45, 7) is -0.610. The van der Waals surface area contributed by atoms with Gasteiger partial charge in [-0.05, 0) is 72.5 Å². The number of hydrogen-bond acceptors (Lipinski definition) is 5. The molecule has 1 saturated carbocycles. The second-order valence-electron chi connectivity index (χ2n) is 11.5. The number of para-hydroxylation sites is 1. The van der Waals surface area contributed by atoms with Crippen molar-refractivity contribution in [1.29, 1.82) is 0 Å². The largest absolute Gasteiger partial charge is 0.497 e. The summed E-state index contributed by atoms with van der Waals surface area (Å²) >= 11 is 12.8. The lowest BCUT2D eigenvalue weighted by atomic mass is 10.0. The quantitative estimate of drug-likeness (QED) is 0.164. The second kappa shape index (κ2) is 15.7. The van der Waals surface area contributed by atoms with Crippen LogP contribution in [0.5, 0.6) is 5.75 Å². The fourth-order valence-electron chi connectivity index (χ4n) is 5.75. The molecule has 0 saturated heterocycles. The van der Waals surface area contributed by atoms with Crippen LogP contribution in [0.25, 0.3) is 0 Å². The number of methoxy groups -OCH3 is 1. The first kappa shape index (κ1) is 34.3. The number of anilines is 1. The Balaban J connectivity index is 1.56. The number of ether oxygens (including phenoxy) is 1. The van der Waals surface area contributed by atoms with Gasteiger partial charge in [0, 0.05) is 29.1 Å². The van der Waals surface area contributed by atoms with Gasteiger partial charge in [-0.25, -0.2) is 8.42 Å². The molecule has 4 aromatic carbocycles. The Morgan fingerprint density at radius 1 is 0.894 bits per heavy atom. The zero-order valence-electron chi connectivity index (χ0n) is 26.0. The highest BCUT2D eigenvalue weighted by atomic mass is 35.5. The van der Waals surface area contributed by atoms with Crippen LogP contribution in [0.3, 0.4) is 0 Å². The molecule has 246 valence electrons. The predicted molar refractivity (Wildman–Crippen MR) is 185 cm³/mol. The van der Waals surface area contributed by atoms with Gasteiger partial charge in [-0.2, -0.15) is 0 Å². The van der Waals surface area contributed by atoms with E-state index in [9.17, 15) is 18.0 Å². The number of carbonyl (C=O) groups is 2. The molecule has 8 nitrogen and oxygen atoms in total. The molecule has 1 N–H and O–H groups in total. The maximum absolute atomic E-state index is 14.6. The number of nitrogens with one attached hydrogen (secondary N) is 1. The molecule has 11 heteroatoms. The number of rotatable bonds is 13. The fraction of sp³-hybridized carbons (Fsp3) is 0.278. The van der Waals surface area contributed by atoms with Gasteiger partial charge in [0.1, 0.15) is 18.3 Å². The van der Waals surface area contributed by atoms with E-state index in [-0.39, 0.29) is 29.8 Å². The van der Waals surface area contributed by atoms with E-state index in [1.54, 1.807) is 60.7 Å². The average Bonchev–Trinajstić information content (AvgIpc) is 3.59. The summed E-state index contributed by atoms with van der Waals surface area (Å²) in [6.07, 6.45) is 3.98. The molecular formula is C36H37Cl2N3O5S. The molecule has 0 spiro atoms. The second-order valence-corrected chi connectivity index (χ2v) is 14.2. The van der Waals surface area contributed by atoms with Gasteiger partial charge in [-0.15, -0.1) is 0 Å². The molecule has 2 amide bonds. The molecule has 0 radical (unpaired) electrons. The maximum atomic E-state index is 14.6. The van der Waals surface area contributed by atoms with Crippen molar-refractivity contribution in [3.63, 3.8) is 0 Å². The van der Waals surface area contributed by atoms with Crippen LogP contribution in [0.1, 0.15) is 36.8 Å². The fourth-order valence-corrected chi connectivity index (χ4v) is 7.64. The van der Waals surface area contributed by atoms with E-state index in [1.165, 1.54) is 24.1 Å². The molecule has 47 heavy (non-hydrogen) atoms. The number of carbonyl (C=O) groups excluding carboxylic acids is 2. The highest BCUT2D eigenvalue weighted by Gasteiger charge is 2.35. The Labute approximate surface area is 286 Å². The SMILES string of the molecule is COc1ccc(S(=O)(=O)N(CC(=O)N(Cc2ccc(Cl)cc2Cl)[C@H](Cc2ccccc2)C(=O)NC2CCCC2)c2ccccc2)cc1. The Morgan fingerprint density at radius 3 is 2.15 bits per heavy atom. The van der Waals surface area contributed by atoms with Crippen LogP contribution in [-0.2, 0) is 32.6 Å². The van der Waals surface area contributed by atoms with Gasteiger partial charge in [-0.1, -0.05) is 90.6 Å². The summed E-state index contributed by atoms with van der Waals surface area (Å²) in [5.74, 6) is -0.378. The Morgan fingerprint density at radius 2 is 1.53 bits per heavy atom. The van der Waals surface area contributed by atoms with Crippen LogP contribution in [0.4, 0.5) is 5.69 Å². The highest BCUT2D eigenvalue weighted by molar-refractivity contribution is 7.92. The number of sulfonamides is 1. The predicted octanol–water partition coefficient (Wildman–Crippen LogP) is 6.90. The molecule has 0 aliphatic heterocycles. The van der Waals surface area contributed by atoms with Crippen molar-refractivity contribution < 1.29 is 22.7 Å². The van der Waals surface area contributed by atoms with Crippen LogP contribution in [0.15, 0.2) is 108 Å². The van der Waals surface area contributed by atoms with E-state index in [0.29, 0.717) is 27.0 Å². The first-order valence-corrected chi connectivity index (χ1v) is 17.6. The first-order chi connectivity index (χ1) is 22.7. The van der Waals surface area contributed by atoms with Crippen LogP contribution >= 0.6 is 23.2 Å². The third-order valence-electron chi connectivity index (χ3n) is 8.30. The van der Waals surface area contributed by atoms with Crippen molar-refractivity contribution in [1.82, 2.24) is 10.2 Å². The summed E-state index contributed by atoms with van der Waals surface area (Å²) in [5.41, 5.74) is 1.72. The van der Waals surface area contributed by atoms with E-state index in [1.807, 2.05) is 30.3 Å². The number of nitrogens with zero attached hydrogens (tertiary/aromatic N) is 2. The van der Waals surface area contributed by atoms with Gasteiger partial charge < -0.3 is 15.0 Å². The lowest BCUT2D eigenvalue weighted by Crippen LogP contribution is -2.54. The van der Waals surface area contributed by atoms with E-state index in [2.05, 4.69) is 5.32 Å². The normalized spacial score (nSPS) is 13.9. The van der Waals surface area contributed by atoms with E-state index in [4.69, 9.17) is 27.9 Å². The maximum Gasteiger partial charge on any atom is 0.264 e. The number of benzene rings is 4. The molecule has 1 aliphatic rings. The zero-order chi connectivity index (χ0) is 33.4. The lowest BCUT2D eigenvalue weighted by Gasteiger charge is -2.34. The summed E-state index contributed by atoms with van der Waals surface area (Å²) in [5, 5.41) is 3.92.